The van der Waals surface area contributed by atoms with E-state index in [4.69, 9.17) is 0 Å². The van der Waals surface area contributed by atoms with Gasteiger partial charge in [0.25, 0.3) is 0 Å². The summed E-state index contributed by atoms with van der Waals surface area (Å²) >= 11 is 0. The quantitative estimate of drug-likeness (QED) is 0.434. The molecule has 0 saturated heterocycles. The molecule has 0 spiro atoms. The average Bonchev–Trinajstić information content (AvgIpc) is 0. The van der Waals surface area contributed by atoms with Gasteiger partial charge >= 0.3 is 0 Å². The molecule has 0 aromatic rings. The van der Waals surface area contributed by atoms with Crippen molar-refractivity contribution in [3.8, 4) is 0 Å². The van der Waals surface area contributed by atoms with Crippen LogP contribution in [0.25, 0.3) is 0 Å². The maximum Gasteiger partial charge on any atom is 0 e. The van der Waals surface area contributed by atoms with E-state index in [0.29, 0.717) is 0 Å². The summed E-state index contributed by atoms with van der Waals surface area (Å²) in [7, 11) is 0. The third-order valence-electron chi connectivity index (χ3n) is 0. The monoisotopic (exact) mass is 183 g/mol. The normalized spacial score (nSPS) is 0. The SMILES string of the molecule is [Ca].[Fe].[Na].[Zn]. The molecule has 0 bridgehead atoms. The first-order chi connectivity index (χ1) is 0. The maximum atomic E-state index is 0. The van der Waals surface area contributed by atoms with Gasteiger partial charge in [0.2, 0.25) is 0 Å². The molecular weight excluding hydrogens is 184 g/mol. The van der Waals surface area contributed by atoms with E-state index in [1.807, 2.05) is 0 Å². The van der Waals surface area contributed by atoms with Crippen molar-refractivity contribution >= 4 is 67.3 Å². The standard InChI is InChI=1S/Ca.Fe.Na.Zn. The molecule has 3 radical (unpaired) electrons. The van der Waals surface area contributed by atoms with Crippen LogP contribution in [0.3, 0.4) is 0 Å². The van der Waals surface area contributed by atoms with Crippen molar-refractivity contribution in [2.45, 2.75) is 0 Å². The molecule has 0 aliphatic rings. The molecule has 0 nitrogen and oxygen atoms in total. The number of hydrogen-bond acceptors (Lipinski definition) is 0. The van der Waals surface area contributed by atoms with Gasteiger partial charge in [-0.05, 0) is 0 Å². The number of rotatable bonds is 0. The fourth-order valence-corrected chi connectivity index (χ4v) is 0. The van der Waals surface area contributed by atoms with Crippen molar-refractivity contribution in [2.24, 2.45) is 0 Å². The largest absolute Gasteiger partial charge is 0 e. The molecule has 0 aromatic heterocycles. The molecule has 0 aliphatic carbocycles. The Hall–Kier alpha value is 3.40. The zero-order valence-electron chi connectivity index (χ0n) is 2.77. The van der Waals surface area contributed by atoms with Crippen LogP contribution >= 0.6 is 0 Å². The Labute approximate surface area is 101 Å². The van der Waals surface area contributed by atoms with Gasteiger partial charge in [0.05, 0.1) is 0 Å². The molecule has 4 heteroatoms. The Kier molecular flexibility index (Phi) is 106. The van der Waals surface area contributed by atoms with Gasteiger partial charge in [-0.1, -0.05) is 0 Å². The van der Waals surface area contributed by atoms with E-state index in [1.165, 1.54) is 0 Å². The Bertz CT molecular complexity index is 8.00. The number of hydrogen-bond donors (Lipinski definition) is 0. The summed E-state index contributed by atoms with van der Waals surface area (Å²) in [5, 5.41) is 0. The predicted octanol–water partition coefficient (Wildman–Crippen LogP) is -0.767. The van der Waals surface area contributed by atoms with E-state index in [2.05, 4.69) is 0 Å². The van der Waals surface area contributed by atoms with Gasteiger partial charge in [0.15, 0.2) is 0 Å². The molecule has 0 N–H and O–H groups in total. The third-order valence-corrected chi connectivity index (χ3v) is 0. The second-order valence-corrected chi connectivity index (χ2v) is 0. The van der Waals surface area contributed by atoms with Crippen LogP contribution in [0.15, 0.2) is 0 Å². The summed E-state index contributed by atoms with van der Waals surface area (Å²) in [6, 6.07) is 0. The minimum atomic E-state index is 0. The second kappa shape index (κ2) is 16.1. The van der Waals surface area contributed by atoms with Crippen LogP contribution in [0, 0.1) is 0 Å². The average molecular weight is 184 g/mol. The van der Waals surface area contributed by atoms with Gasteiger partial charge in [0, 0.05) is 104 Å². The third kappa shape index (κ3) is 9.04. The molecule has 0 heterocycles. The zero-order chi connectivity index (χ0) is 0. The summed E-state index contributed by atoms with van der Waals surface area (Å²) in [5.74, 6) is 0. The first kappa shape index (κ1) is 26.2. The Balaban J connectivity index is 0. The molecule has 0 aromatic carbocycles. The van der Waals surface area contributed by atoms with E-state index < -0.39 is 0 Å². The first-order valence-corrected chi connectivity index (χ1v) is 0. The summed E-state index contributed by atoms with van der Waals surface area (Å²) < 4.78 is 0. The summed E-state index contributed by atoms with van der Waals surface area (Å²) in [5.41, 5.74) is 0. The molecule has 0 fully saturated rings. The summed E-state index contributed by atoms with van der Waals surface area (Å²) in [4.78, 5) is 0. The topological polar surface area (TPSA) is 0 Å². The summed E-state index contributed by atoms with van der Waals surface area (Å²) in [6.07, 6.45) is 0. The van der Waals surface area contributed by atoms with Crippen molar-refractivity contribution in [1.82, 2.24) is 0 Å². The van der Waals surface area contributed by atoms with Crippen LogP contribution in [0.2, 0.25) is 0 Å². The van der Waals surface area contributed by atoms with E-state index >= 15 is 0 Å². The van der Waals surface area contributed by atoms with Crippen LogP contribution in [-0.4, -0.2) is 67.3 Å². The van der Waals surface area contributed by atoms with Crippen molar-refractivity contribution in [3.63, 3.8) is 0 Å². The van der Waals surface area contributed by atoms with Crippen LogP contribution in [-0.2, 0) is 36.5 Å². The fraction of sp³-hybridized carbons (Fsp3) is 0. The van der Waals surface area contributed by atoms with Gasteiger partial charge in [-0.3, -0.25) is 0 Å². The molecular formula is CaFeNaZn. The predicted molar refractivity (Wildman–Crippen MR) is 11.5 cm³/mol. The smallest absolute Gasteiger partial charge is 0 e. The molecule has 4 heavy (non-hydrogen) atoms. The first-order valence-electron chi connectivity index (χ1n) is 0. The minimum absolute atomic E-state index is 0. The van der Waals surface area contributed by atoms with Crippen molar-refractivity contribution in [2.75, 3.05) is 0 Å². The Morgan fingerprint density at radius 1 is 1.00 bits per heavy atom. The maximum absolute atomic E-state index is 0. The molecule has 13 valence electrons. The van der Waals surface area contributed by atoms with Crippen molar-refractivity contribution in [1.29, 1.82) is 0 Å². The molecule has 0 unspecified atom stereocenters. The van der Waals surface area contributed by atoms with Gasteiger partial charge in [-0.2, -0.15) is 0 Å². The van der Waals surface area contributed by atoms with Crippen LogP contribution < -0.4 is 0 Å². The van der Waals surface area contributed by atoms with Gasteiger partial charge in [-0.15, -0.1) is 0 Å². The van der Waals surface area contributed by atoms with Crippen LogP contribution in [0.5, 0.6) is 0 Å². The van der Waals surface area contributed by atoms with E-state index in [-0.39, 0.29) is 104 Å². The van der Waals surface area contributed by atoms with Gasteiger partial charge in [-0.25, -0.2) is 0 Å². The van der Waals surface area contributed by atoms with E-state index in [9.17, 15) is 0 Å². The molecule has 0 aliphatic heterocycles. The molecule has 0 rings (SSSR count). The van der Waals surface area contributed by atoms with Crippen LogP contribution in [0.4, 0.5) is 0 Å². The molecule has 0 amide bonds. The van der Waals surface area contributed by atoms with E-state index in [0.717, 1.165) is 0 Å². The van der Waals surface area contributed by atoms with E-state index in [1.54, 1.807) is 0 Å². The Morgan fingerprint density at radius 2 is 1.00 bits per heavy atom. The van der Waals surface area contributed by atoms with Crippen molar-refractivity contribution < 1.29 is 36.5 Å². The second-order valence-electron chi connectivity index (χ2n) is 0. The van der Waals surface area contributed by atoms with Gasteiger partial charge in [0.1, 0.15) is 0 Å². The van der Waals surface area contributed by atoms with Crippen LogP contribution in [0.1, 0.15) is 0 Å². The zero-order valence-corrected chi connectivity index (χ0v) is 11.0. The summed E-state index contributed by atoms with van der Waals surface area (Å²) in [6.45, 7) is 0. The minimum Gasteiger partial charge on any atom is 0 e. The molecule has 0 saturated carbocycles. The van der Waals surface area contributed by atoms with Crippen molar-refractivity contribution in [3.05, 3.63) is 0 Å². The fourth-order valence-electron chi connectivity index (χ4n) is 0. The molecule has 0 atom stereocenters. The Morgan fingerprint density at radius 3 is 1.00 bits per heavy atom. The van der Waals surface area contributed by atoms with Gasteiger partial charge < -0.3 is 0 Å².